The molecule has 0 bridgehead atoms. The van der Waals surface area contributed by atoms with Crippen LogP contribution in [0.1, 0.15) is 12.5 Å². The second-order valence-corrected chi connectivity index (χ2v) is 4.36. The monoisotopic (exact) mass is 189 g/mol. The van der Waals surface area contributed by atoms with Gasteiger partial charge < -0.3 is 0 Å². The lowest BCUT2D eigenvalue weighted by Crippen LogP contribution is -2.13. The molecule has 2 aliphatic rings. The lowest BCUT2D eigenvalue weighted by molar-refractivity contribution is 1.01. The Balaban J connectivity index is 2.39. The number of nitrogens with zero attached hydrogens (tertiary/aromatic N) is 3. The lowest BCUT2D eigenvalue weighted by Gasteiger charge is -1.97. The fraction of sp³-hybridized carbons (Fsp3) is 0.222. The molecule has 0 fully saturated rings. The maximum atomic E-state index is 4.49. The van der Waals surface area contributed by atoms with Crippen molar-refractivity contribution in [3.63, 3.8) is 0 Å². The van der Waals surface area contributed by atoms with E-state index < -0.39 is 0 Å². The molecule has 2 heterocycles. The van der Waals surface area contributed by atoms with Crippen molar-refractivity contribution in [3.05, 3.63) is 28.4 Å². The standard InChI is InChI=1S/C9H7N3S/c1-5-11-8-3-2-7-6(4-10-12-7)9(8)13-5/h2-5H,1H3. The Morgan fingerprint density at radius 3 is 3.08 bits per heavy atom. The van der Waals surface area contributed by atoms with Crippen LogP contribution < -0.4 is 10.7 Å². The molecule has 4 heteroatoms. The maximum Gasteiger partial charge on any atom is 0.0977 e. The summed E-state index contributed by atoms with van der Waals surface area (Å²) in [6, 6.07) is 3.99. The Morgan fingerprint density at radius 2 is 2.15 bits per heavy atom. The first-order valence-electron chi connectivity index (χ1n) is 4.13. The molecule has 0 saturated carbocycles. The molecule has 2 aliphatic heterocycles. The van der Waals surface area contributed by atoms with E-state index in [4.69, 9.17) is 0 Å². The third-order valence-corrected chi connectivity index (χ3v) is 3.23. The average molecular weight is 189 g/mol. The molecule has 0 N–H and O–H groups in total. The van der Waals surface area contributed by atoms with E-state index in [0.29, 0.717) is 5.37 Å². The summed E-state index contributed by atoms with van der Waals surface area (Å²) in [6.07, 6.45) is 1.81. The van der Waals surface area contributed by atoms with Gasteiger partial charge in [-0.2, -0.15) is 10.2 Å². The Labute approximate surface area is 79.3 Å². The first kappa shape index (κ1) is 7.26. The summed E-state index contributed by atoms with van der Waals surface area (Å²) >= 11 is 1.78. The molecule has 64 valence electrons. The molecule has 0 saturated heterocycles. The van der Waals surface area contributed by atoms with E-state index in [1.807, 2.05) is 18.3 Å². The van der Waals surface area contributed by atoms with Crippen LogP contribution in [-0.2, 0) is 0 Å². The van der Waals surface area contributed by atoms with Crippen molar-refractivity contribution in [1.29, 1.82) is 0 Å². The maximum absolute atomic E-state index is 4.49. The van der Waals surface area contributed by atoms with E-state index in [2.05, 4.69) is 22.1 Å². The zero-order valence-electron chi connectivity index (χ0n) is 7.06. The van der Waals surface area contributed by atoms with E-state index in [0.717, 1.165) is 16.3 Å². The normalized spacial score (nSPS) is 22.1. The summed E-state index contributed by atoms with van der Waals surface area (Å²) < 4.78 is 0. The minimum Gasteiger partial charge on any atom is -0.270 e. The quantitative estimate of drug-likeness (QED) is 0.592. The van der Waals surface area contributed by atoms with Gasteiger partial charge in [0.1, 0.15) is 0 Å². The van der Waals surface area contributed by atoms with E-state index in [1.54, 1.807) is 11.8 Å². The second kappa shape index (κ2) is 2.42. The van der Waals surface area contributed by atoms with Gasteiger partial charge in [0.25, 0.3) is 0 Å². The van der Waals surface area contributed by atoms with Crippen LogP contribution in [0, 0.1) is 0 Å². The minimum atomic E-state index is 0.329. The van der Waals surface area contributed by atoms with Crippen molar-refractivity contribution in [1.82, 2.24) is 0 Å². The number of rotatable bonds is 0. The Bertz CT molecular complexity index is 518. The SMILES string of the molecule is CC1N=c2ccc3c(c2S1)C=NN=3. The molecule has 1 unspecified atom stereocenters. The van der Waals surface area contributed by atoms with Gasteiger partial charge in [-0.15, -0.1) is 0 Å². The second-order valence-electron chi connectivity index (χ2n) is 3.04. The largest absolute Gasteiger partial charge is 0.270 e. The summed E-state index contributed by atoms with van der Waals surface area (Å²) in [5.74, 6) is 0. The third-order valence-electron chi connectivity index (χ3n) is 2.11. The van der Waals surface area contributed by atoms with Crippen LogP contribution in [0.5, 0.6) is 0 Å². The molecule has 0 aliphatic carbocycles. The van der Waals surface area contributed by atoms with Crippen LogP contribution in [0.3, 0.4) is 0 Å². The molecular weight excluding hydrogens is 182 g/mol. The van der Waals surface area contributed by atoms with E-state index >= 15 is 0 Å². The van der Waals surface area contributed by atoms with Crippen molar-refractivity contribution in [3.8, 4) is 0 Å². The van der Waals surface area contributed by atoms with Crippen LogP contribution in [0.15, 0.2) is 32.2 Å². The number of hydrogen-bond donors (Lipinski definition) is 0. The van der Waals surface area contributed by atoms with Gasteiger partial charge >= 0.3 is 0 Å². The lowest BCUT2D eigenvalue weighted by atomic mass is 10.2. The number of thioether (sulfide) groups is 1. The summed E-state index contributed by atoms with van der Waals surface area (Å²) in [6.45, 7) is 2.10. The highest BCUT2D eigenvalue weighted by Gasteiger charge is 2.17. The van der Waals surface area contributed by atoms with Crippen LogP contribution in [0.4, 0.5) is 0 Å². The van der Waals surface area contributed by atoms with Crippen LogP contribution in [0.2, 0.25) is 0 Å². The summed E-state index contributed by atoms with van der Waals surface area (Å²) in [7, 11) is 0. The van der Waals surface area contributed by atoms with Crippen molar-refractivity contribution >= 4 is 18.0 Å². The van der Waals surface area contributed by atoms with Gasteiger partial charge in [-0.25, -0.2) is 0 Å². The van der Waals surface area contributed by atoms with Crippen LogP contribution in [-0.4, -0.2) is 11.6 Å². The zero-order chi connectivity index (χ0) is 8.84. The molecule has 0 spiro atoms. The minimum absolute atomic E-state index is 0.329. The van der Waals surface area contributed by atoms with Gasteiger partial charge in [0.2, 0.25) is 0 Å². The first-order valence-corrected chi connectivity index (χ1v) is 5.01. The molecule has 1 aromatic rings. The van der Waals surface area contributed by atoms with Crippen LogP contribution in [0.25, 0.3) is 0 Å². The number of fused-ring (bicyclic) bond motifs is 3. The summed E-state index contributed by atoms with van der Waals surface area (Å²) in [5.41, 5.74) is 1.13. The Hall–Kier alpha value is -1.16. The van der Waals surface area contributed by atoms with E-state index in [-0.39, 0.29) is 0 Å². The van der Waals surface area contributed by atoms with Crippen molar-refractivity contribution < 1.29 is 0 Å². The number of benzene rings is 1. The summed E-state index contributed by atoms with van der Waals surface area (Å²) in [4.78, 5) is 5.72. The fourth-order valence-corrected chi connectivity index (χ4v) is 2.59. The predicted molar refractivity (Wildman–Crippen MR) is 51.7 cm³/mol. The van der Waals surface area contributed by atoms with E-state index in [1.165, 1.54) is 4.90 Å². The van der Waals surface area contributed by atoms with Gasteiger partial charge in [0, 0.05) is 10.5 Å². The molecule has 13 heavy (non-hydrogen) atoms. The highest BCUT2D eigenvalue weighted by molar-refractivity contribution is 8.00. The van der Waals surface area contributed by atoms with Crippen molar-refractivity contribution in [2.45, 2.75) is 17.2 Å². The Kier molecular flexibility index (Phi) is 1.35. The van der Waals surface area contributed by atoms with Crippen LogP contribution >= 0.6 is 11.8 Å². The molecule has 1 atom stereocenters. The predicted octanol–water partition coefficient (Wildman–Crippen LogP) is 0.725. The fourth-order valence-electron chi connectivity index (χ4n) is 1.56. The van der Waals surface area contributed by atoms with Gasteiger partial charge in [-0.05, 0) is 19.1 Å². The molecule has 3 nitrogen and oxygen atoms in total. The molecule has 0 aromatic heterocycles. The highest BCUT2D eigenvalue weighted by atomic mass is 32.2. The van der Waals surface area contributed by atoms with Gasteiger partial charge in [0.05, 0.1) is 22.3 Å². The Morgan fingerprint density at radius 1 is 1.31 bits per heavy atom. The van der Waals surface area contributed by atoms with Gasteiger partial charge in [0.15, 0.2) is 0 Å². The molecule has 0 amide bonds. The van der Waals surface area contributed by atoms with Gasteiger partial charge in [-0.1, -0.05) is 11.8 Å². The third kappa shape index (κ3) is 0.951. The number of hydrogen-bond acceptors (Lipinski definition) is 4. The smallest absolute Gasteiger partial charge is 0.0977 e. The topological polar surface area (TPSA) is 37.1 Å². The van der Waals surface area contributed by atoms with Crippen molar-refractivity contribution in [2.75, 3.05) is 0 Å². The summed E-state index contributed by atoms with van der Waals surface area (Å²) in [5, 5.41) is 10.3. The zero-order valence-corrected chi connectivity index (χ0v) is 7.88. The molecule has 3 rings (SSSR count). The molecular formula is C9H7N3S. The van der Waals surface area contributed by atoms with E-state index in [9.17, 15) is 0 Å². The first-order chi connectivity index (χ1) is 6.34. The highest BCUT2D eigenvalue weighted by Crippen LogP contribution is 2.26. The molecule has 1 aromatic carbocycles. The molecule has 0 radical (unpaired) electrons. The van der Waals surface area contributed by atoms with Gasteiger partial charge in [-0.3, -0.25) is 4.99 Å². The average Bonchev–Trinajstić information content (AvgIpc) is 2.65. The van der Waals surface area contributed by atoms with Crippen molar-refractivity contribution in [2.24, 2.45) is 15.2 Å².